The Morgan fingerprint density at radius 2 is 2.08 bits per heavy atom. The van der Waals surface area contributed by atoms with Crippen LogP contribution in [0.4, 0.5) is 0 Å². The molecule has 1 amide bonds. The maximum Gasteiger partial charge on any atom is 0.330 e. The first kappa shape index (κ1) is 18.4. The maximum absolute atomic E-state index is 12.6. The summed E-state index contributed by atoms with van der Waals surface area (Å²) in [6.07, 6.45) is 0.397. The second-order valence-electron chi connectivity index (χ2n) is 6.75. The van der Waals surface area contributed by atoms with Gasteiger partial charge in [0.1, 0.15) is 11.4 Å². The van der Waals surface area contributed by atoms with Gasteiger partial charge in [-0.2, -0.15) is 11.8 Å². The Hall–Kier alpha value is -2.35. The zero-order valence-corrected chi connectivity index (χ0v) is 15.8. The van der Waals surface area contributed by atoms with Gasteiger partial charge >= 0.3 is 5.97 Å². The van der Waals surface area contributed by atoms with Crippen molar-refractivity contribution in [3.05, 3.63) is 41.5 Å². The van der Waals surface area contributed by atoms with Crippen molar-refractivity contribution < 1.29 is 14.7 Å². The molecule has 1 unspecified atom stereocenters. The van der Waals surface area contributed by atoms with Gasteiger partial charge in [-0.05, 0) is 36.6 Å². The molecule has 7 nitrogen and oxygen atoms in total. The second-order valence-corrected chi connectivity index (χ2v) is 7.86. The zero-order valence-electron chi connectivity index (χ0n) is 15.0. The first-order valence-corrected chi connectivity index (χ1v) is 9.66. The standard InChI is InChI=1S/C18H22N4O3S/c1-11(2)13-6-4-5-7-14(13)22-12(3)19-15(21-22)16(23)20-18(17(24)25)8-9-26-10-18/h4-7,11H,8-10H2,1-3H3,(H,20,23)(H,24,25). The summed E-state index contributed by atoms with van der Waals surface area (Å²) < 4.78 is 1.64. The molecule has 1 aromatic heterocycles. The highest BCUT2D eigenvalue weighted by Gasteiger charge is 2.44. The molecule has 138 valence electrons. The van der Waals surface area contributed by atoms with Crippen LogP contribution in [0.25, 0.3) is 5.69 Å². The quantitative estimate of drug-likeness (QED) is 0.834. The van der Waals surface area contributed by atoms with Gasteiger partial charge in [0, 0.05) is 5.75 Å². The first-order valence-electron chi connectivity index (χ1n) is 8.51. The van der Waals surface area contributed by atoms with E-state index in [2.05, 4.69) is 29.2 Å². The van der Waals surface area contributed by atoms with E-state index in [1.807, 2.05) is 24.3 Å². The summed E-state index contributed by atoms with van der Waals surface area (Å²) in [7, 11) is 0. The number of nitrogens with one attached hydrogen (secondary N) is 1. The SMILES string of the molecule is Cc1nc(C(=O)NC2(C(=O)O)CCSC2)nn1-c1ccccc1C(C)C. The molecular weight excluding hydrogens is 352 g/mol. The normalized spacial score (nSPS) is 19.7. The van der Waals surface area contributed by atoms with Gasteiger partial charge in [-0.1, -0.05) is 32.0 Å². The van der Waals surface area contributed by atoms with Crippen molar-refractivity contribution in [3.63, 3.8) is 0 Å². The number of carboxylic acids is 1. The Morgan fingerprint density at radius 1 is 1.35 bits per heavy atom. The number of nitrogens with zero attached hydrogens (tertiary/aromatic N) is 3. The van der Waals surface area contributed by atoms with Crippen molar-refractivity contribution >= 4 is 23.6 Å². The van der Waals surface area contributed by atoms with E-state index in [4.69, 9.17) is 0 Å². The lowest BCUT2D eigenvalue weighted by molar-refractivity contribution is -0.143. The molecule has 0 saturated carbocycles. The minimum absolute atomic E-state index is 0.0152. The maximum atomic E-state index is 12.6. The number of rotatable bonds is 5. The molecule has 1 saturated heterocycles. The van der Waals surface area contributed by atoms with Crippen molar-refractivity contribution in [1.82, 2.24) is 20.1 Å². The number of thioether (sulfide) groups is 1. The van der Waals surface area contributed by atoms with Gasteiger partial charge in [0.15, 0.2) is 0 Å². The van der Waals surface area contributed by atoms with E-state index < -0.39 is 17.4 Å². The molecule has 26 heavy (non-hydrogen) atoms. The Labute approximate surface area is 156 Å². The van der Waals surface area contributed by atoms with Crippen LogP contribution in [-0.4, -0.2) is 48.8 Å². The summed E-state index contributed by atoms with van der Waals surface area (Å²) in [6, 6.07) is 7.84. The minimum atomic E-state index is -1.24. The highest BCUT2D eigenvalue weighted by molar-refractivity contribution is 7.99. The van der Waals surface area contributed by atoms with Gasteiger partial charge in [-0.25, -0.2) is 14.5 Å². The second kappa shape index (κ2) is 7.11. The van der Waals surface area contributed by atoms with Crippen molar-refractivity contribution in [2.24, 2.45) is 0 Å². The number of aliphatic carboxylic acids is 1. The fourth-order valence-corrected chi connectivity index (χ4v) is 4.37. The number of carbonyl (C=O) groups is 2. The predicted molar refractivity (Wildman–Crippen MR) is 100.0 cm³/mol. The monoisotopic (exact) mass is 374 g/mol. The Bertz CT molecular complexity index is 841. The van der Waals surface area contributed by atoms with E-state index in [-0.39, 0.29) is 11.7 Å². The van der Waals surface area contributed by atoms with Crippen LogP contribution in [0.15, 0.2) is 24.3 Å². The third-order valence-electron chi connectivity index (χ3n) is 4.54. The molecule has 3 rings (SSSR count). The van der Waals surface area contributed by atoms with Gasteiger partial charge < -0.3 is 10.4 Å². The van der Waals surface area contributed by atoms with Crippen molar-refractivity contribution in [2.75, 3.05) is 11.5 Å². The summed E-state index contributed by atoms with van der Waals surface area (Å²) in [4.78, 5) is 28.5. The van der Waals surface area contributed by atoms with Gasteiger partial charge in [0.2, 0.25) is 5.82 Å². The fraction of sp³-hybridized carbons (Fsp3) is 0.444. The minimum Gasteiger partial charge on any atom is -0.479 e. The first-order chi connectivity index (χ1) is 12.3. The van der Waals surface area contributed by atoms with E-state index in [1.54, 1.807) is 11.6 Å². The van der Waals surface area contributed by atoms with Gasteiger partial charge in [0.25, 0.3) is 5.91 Å². The van der Waals surface area contributed by atoms with Crippen LogP contribution in [-0.2, 0) is 4.79 Å². The molecule has 1 atom stereocenters. The Morgan fingerprint density at radius 3 is 2.69 bits per heavy atom. The van der Waals surface area contributed by atoms with E-state index >= 15 is 0 Å². The third-order valence-corrected chi connectivity index (χ3v) is 5.73. The van der Waals surface area contributed by atoms with Crippen LogP contribution >= 0.6 is 11.8 Å². The van der Waals surface area contributed by atoms with Crippen LogP contribution in [0.1, 0.15) is 48.2 Å². The summed E-state index contributed by atoms with van der Waals surface area (Å²) in [5.74, 6) is 0.333. The van der Waals surface area contributed by atoms with Gasteiger partial charge in [-0.15, -0.1) is 5.10 Å². The van der Waals surface area contributed by atoms with E-state index in [9.17, 15) is 14.7 Å². The summed E-state index contributed by atoms with van der Waals surface area (Å²) in [6.45, 7) is 5.96. The number of para-hydroxylation sites is 1. The van der Waals surface area contributed by atoms with Crippen LogP contribution in [0.2, 0.25) is 0 Å². The molecule has 1 fully saturated rings. The average molecular weight is 374 g/mol. The third kappa shape index (κ3) is 3.33. The molecule has 1 aliphatic rings. The Kier molecular flexibility index (Phi) is 5.04. The number of hydrogen-bond donors (Lipinski definition) is 2. The molecule has 2 aromatic rings. The van der Waals surface area contributed by atoms with Crippen molar-refractivity contribution in [1.29, 1.82) is 0 Å². The number of aromatic nitrogens is 3. The Balaban J connectivity index is 1.91. The lowest BCUT2D eigenvalue weighted by Crippen LogP contribution is -2.55. The number of carboxylic acid groups (broad SMARTS) is 1. The largest absolute Gasteiger partial charge is 0.479 e. The van der Waals surface area contributed by atoms with Crippen molar-refractivity contribution in [2.45, 2.75) is 38.6 Å². The smallest absolute Gasteiger partial charge is 0.330 e. The number of aryl methyl sites for hydroxylation is 1. The summed E-state index contributed by atoms with van der Waals surface area (Å²) in [5.41, 5.74) is 0.731. The van der Waals surface area contributed by atoms with Crippen LogP contribution < -0.4 is 5.32 Å². The summed E-state index contributed by atoms with van der Waals surface area (Å²) >= 11 is 1.52. The molecular formula is C18H22N4O3S. The number of benzene rings is 1. The van der Waals surface area contributed by atoms with E-state index in [1.165, 1.54) is 11.8 Å². The molecule has 1 aliphatic heterocycles. The molecule has 0 bridgehead atoms. The predicted octanol–water partition coefficient (Wildman–Crippen LogP) is 2.39. The van der Waals surface area contributed by atoms with Gasteiger partial charge in [-0.3, -0.25) is 4.79 Å². The number of hydrogen-bond acceptors (Lipinski definition) is 5. The van der Waals surface area contributed by atoms with Gasteiger partial charge in [0.05, 0.1) is 5.69 Å². The van der Waals surface area contributed by atoms with Crippen molar-refractivity contribution in [3.8, 4) is 5.69 Å². The highest BCUT2D eigenvalue weighted by atomic mass is 32.2. The molecule has 2 N–H and O–H groups in total. The van der Waals surface area contributed by atoms with E-state index in [0.717, 1.165) is 11.3 Å². The molecule has 1 aromatic carbocycles. The van der Waals surface area contributed by atoms with Crippen LogP contribution in [0.3, 0.4) is 0 Å². The molecule has 0 radical (unpaired) electrons. The topological polar surface area (TPSA) is 97.1 Å². The molecule has 8 heteroatoms. The highest BCUT2D eigenvalue weighted by Crippen LogP contribution is 2.28. The summed E-state index contributed by atoms with van der Waals surface area (Å²) in [5, 5.41) is 16.5. The zero-order chi connectivity index (χ0) is 18.9. The molecule has 0 aliphatic carbocycles. The fourth-order valence-electron chi connectivity index (χ4n) is 3.04. The van der Waals surface area contributed by atoms with E-state index in [0.29, 0.717) is 23.8 Å². The lowest BCUT2D eigenvalue weighted by Gasteiger charge is -2.23. The molecule has 0 spiro atoms. The number of carbonyl (C=O) groups excluding carboxylic acids is 1. The average Bonchev–Trinajstić information content (AvgIpc) is 3.22. The van der Waals surface area contributed by atoms with Crippen LogP contribution in [0.5, 0.6) is 0 Å². The molecule has 2 heterocycles. The lowest BCUT2D eigenvalue weighted by atomic mass is 9.99. The number of amides is 1. The van der Waals surface area contributed by atoms with Crippen LogP contribution in [0, 0.1) is 6.92 Å².